The van der Waals surface area contributed by atoms with E-state index in [4.69, 9.17) is 0 Å². The summed E-state index contributed by atoms with van der Waals surface area (Å²) < 4.78 is 2.31. The molecule has 20 heavy (non-hydrogen) atoms. The van der Waals surface area contributed by atoms with Crippen molar-refractivity contribution in [3.05, 3.63) is 67.6 Å². The average molecular weight is 397 g/mol. The molecule has 0 heterocycles. The Morgan fingerprint density at radius 3 is 2.45 bits per heavy atom. The van der Waals surface area contributed by atoms with Crippen LogP contribution in [0.15, 0.2) is 45.3 Å². The van der Waals surface area contributed by atoms with Crippen LogP contribution in [0.5, 0.6) is 0 Å². The van der Waals surface area contributed by atoms with Gasteiger partial charge in [0.05, 0.1) is 0 Å². The second kappa shape index (κ2) is 6.88. The lowest BCUT2D eigenvalue weighted by Gasteiger charge is -2.20. The monoisotopic (exact) mass is 395 g/mol. The van der Waals surface area contributed by atoms with E-state index in [9.17, 15) is 0 Å². The molecule has 0 spiro atoms. The Balaban J connectivity index is 2.31. The van der Waals surface area contributed by atoms with Crippen LogP contribution < -0.4 is 5.32 Å². The maximum absolute atomic E-state index is 3.69. The summed E-state index contributed by atoms with van der Waals surface area (Å²) in [5, 5.41) is 3.42. The molecule has 0 fully saturated rings. The fourth-order valence-corrected chi connectivity index (χ4v) is 3.47. The standard InChI is InChI=1S/C17H19Br2N/c1-11-5-4-6-13(7-11)9-17(20-3)14-10-15(18)12(2)8-16(14)19/h4-8,10,17,20H,9H2,1-3H3. The first-order valence-corrected chi connectivity index (χ1v) is 8.28. The third-order valence-electron chi connectivity index (χ3n) is 3.52. The van der Waals surface area contributed by atoms with E-state index in [1.54, 1.807) is 0 Å². The fourth-order valence-electron chi connectivity index (χ4n) is 2.37. The molecule has 1 nitrogen and oxygen atoms in total. The Kier molecular flexibility index (Phi) is 5.42. The molecule has 106 valence electrons. The van der Waals surface area contributed by atoms with Crippen molar-refractivity contribution < 1.29 is 0 Å². The number of hydrogen-bond donors (Lipinski definition) is 1. The Labute approximate surface area is 138 Å². The molecule has 0 aliphatic rings. The molecule has 0 saturated carbocycles. The highest BCUT2D eigenvalue weighted by Crippen LogP contribution is 2.31. The largest absolute Gasteiger partial charge is 0.313 e. The fraction of sp³-hybridized carbons (Fsp3) is 0.294. The van der Waals surface area contributed by atoms with E-state index in [1.807, 2.05) is 7.05 Å². The van der Waals surface area contributed by atoms with Crippen molar-refractivity contribution in [2.45, 2.75) is 26.3 Å². The molecule has 2 aromatic carbocycles. The molecule has 0 aromatic heterocycles. The second-order valence-electron chi connectivity index (χ2n) is 5.16. The molecule has 0 bridgehead atoms. The quantitative estimate of drug-likeness (QED) is 0.736. The summed E-state index contributed by atoms with van der Waals surface area (Å²) in [6, 6.07) is 13.4. The first kappa shape index (κ1) is 15.7. The predicted molar refractivity (Wildman–Crippen MR) is 93.3 cm³/mol. The van der Waals surface area contributed by atoms with Crippen LogP contribution in [-0.2, 0) is 6.42 Å². The van der Waals surface area contributed by atoms with Gasteiger partial charge in [-0.1, -0.05) is 61.7 Å². The third kappa shape index (κ3) is 3.72. The zero-order valence-corrected chi connectivity index (χ0v) is 15.2. The lowest BCUT2D eigenvalue weighted by Crippen LogP contribution is -2.19. The smallest absolute Gasteiger partial charge is 0.0370 e. The van der Waals surface area contributed by atoms with Crippen LogP contribution in [0.2, 0.25) is 0 Å². The molecule has 0 amide bonds. The first-order valence-electron chi connectivity index (χ1n) is 6.69. The normalized spacial score (nSPS) is 12.4. The molecule has 1 atom stereocenters. The summed E-state index contributed by atoms with van der Waals surface area (Å²) in [6.07, 6.45) is 0.978. The van der Waals surface area contributed by atoms with Crippen LogP contribution >= 0.6 is 31.9 Å². The van der Waals surface area contributed by atoms with Gasteiger partial charge in [-0.3, -0.25) is 0 Å². The van der Waals surface area contributed by atoms with Gasteiger partial charge in [-0.2, -0.15) is 0 Å². The minimum atomic E-state index is 0.295. The second-order valence-corrected chi connectivity index (χ2v) is 6.87. The van der Waals surface area contributed by atoms with Crippen LogP contribution in [0.3, 0.4) is 0 Å². The van der Waals surface area contributed by atoms with Gasteiger partial charge in [0, 0.05) is 15.0 Å². The van der Waals surface area contributed by atoms with Gasteiger partial charge in [-0.05, 0) is 56.1 Å². The lowest BCUT2D eigenvalue weighted by molar-refractivity contribution is 0.589. The van der Waals surface area contributed by atoms with Crippen molar-refractivity contribution >= 4 is 31.9 Å². The van der Waals surface area contributed by atoms with Crippen molar-refractivity contribution in [2.24, 2.45) is 0 Å². The molecule has 1 N–H and O–H groups in total. The van der Waals surface area contributed by atoms with E-state index >= 15 is 0 Å². The zero-order chi connectivity index (χ0) is 14.7. The van der Waals surface area contributed by atoms with Crippen molar-refractivity contribution in [3.63, 3.8) is 0 Å². The van der Waals surface area contributed by atoms with Gasteiger partial charge < -0.3 is 5.32 Å². The third-order valence-corrected chi connectivity index (χ3v) is 5.07. The van der Waals surface area contributed by atoms with Gasteiger partial charge in [-0.15, -0.1) is 0 Å². The molecule has 2 aromatic rings. The van der Waals surface area contributed by atoms with Crippen LogP contribution in [0.1, 0.15) is 28.3 Å². The molecule has 2 rings (SSSR count). The molecular formula is C17H19Br2N. The van der Waals surface area contributed by atoms with E-state index in [1.165, 1.54) is 22.3 Å². The Morgan fingerprint density at radius 2 is 1.80 bits per heavy atom. The SMILES string of the molecule is CNC(Cc1cccc(C)c1)c1cc(Br)c(C)cc1Br. The topological polar surface area (TPSA) is 12.0 Å². The molecule has 0 saturated heterocycles. The maximum Gasteiger partial charge on any atom is 0.0370 e. The van der Waals surface area contributed by atoms with Crippen molar-refractivity contribution in [2.75, 3.05) is 7.05 Å². The summed E-state index contributed by atoms with van der Waals surface area (Å²) in [4.78, 5) is 0. The number of halogens is 2. The highest BCUT2D eigenvalue weighted by molar-refractivity contribution is 9.11. The van der Waals surface area contributed by atoms with Gasteiger partial charge >= 0.3 is 0 Å². The van der Waals surface area contributed by atoms with Gasteiger partial charge in [0.1, 0.15) is 0 Å². The van der Waals surface area contributed by atoms with Crippen molar-refractivity contribution in [1.82, 2.24) is 5.32 Å². The lowest BCUT2D eigenvalue weighted by atomic mass is 9.97. The van der Waals surface area contributed by atoms with E-state index in [2.05, 4.69) is 87.4 Å². The number of nitrogens with one attached hydrogen (secondary N) is 1. The predicted octanol–water partition coefficient (Wildman–Crippen LogP) is 5.33. The van der Waals surface area contributed by atoms with E-state index in [0.717, 1.165) is 15.4 Å². The number of hydrogen-bond acceptors (Lipinski definition) is 1. The minimum absolute atomic E-state index is 0.295. The van der Waals surface area contributed by atoms with Crippen molar-refractivity contribution in [1.29, 1.82) is 0 Å². The Bertz CT molecular complexity index is 608. The van der Waals surface area contributed by atoms with E-state index in [-0.39, 0.29) is 0 Å². The van der Waals surface area contributed by atoms with Crippen LogP contribution in [0.25, 0.3) is 0 Å². The molecule has 0 aliphatic carbocycles. The molecular weight excluding hydrogens is 378 g/mol. The molecule has 1 unspecified atom stereocenters. The maximum atomic E-state index is 3.69. The average Bonchev–Trinajstić information content (AvgIpc) is 2.40. The summed E-state index contributed by atoms with van der Waals surface area (Å²) in [5.74, 6) is 0. The van der Waals surface area contributed by atoms with Crippen LogP contribution in [0.4, 0.5) is 0 Å². The number of likely N-dealkylation sites (N-methyl/N-ethyl adjacent to an activating group) is 1. The summed E-state index contributed by atoms with van der Waals surface area (Å²) in [6.45, 7) is 4.24. The summed E-state index contributed by atoms with van der Waals surface area (Å²) in [7, 11) is 2.01. The zero-order valence-electron chi connectivity index (χ0n) is 12.0. The van der Waals surface area contributed by atoms with E-state index in [0.29, 0.717) is 6.04 Å². The van der Waals surface area contributed by atoms with Crippen LogP contribution in [0, 0.1) is 13.8 Å². The van der Waals surface area contributed by atoms with E-state index < -0.39 is 0 Å². The highest BCUT2D eigenvalue weighted by atomic mass is 79.9. The van der Waals surface area contributed by atoms with Gasteiger partial charge in [0.25, 0.3) is 0 Å². The molecule has 3 heteroatoms. The highest BCUT2D eigenvalue weighted by Gasteiger charge is 2.15. The molecule has 0 aliphatic heterocycles. The summed E-state index contributed by atoms with van der Waals surface area (Å²) in [5.41, 5.74) is 5.19. The first-order chi connectivity index (χ1) is 9.51. The minimum Gasteiger partial charge on any atom is -0.313 e. The number of aryl methyl sites for hydroxylation is 2. The summed E-state index contributed by atoms with van der Waals surface area (Å²) >= 11 is 7.32. The Morgan fingerprint density at radius 1 is 1.05 bits per heavy atom. The van der Waals surface area contributed by atoms with Gasteiger partial charge in [-0.25, -0.2) is 0 Å². The number of benzene rings is 2. The molecule has 0 radical (unpaired) electrons. The van der Waals surface area contributed by atoms with Gasteiger partial charge in [0.15, 0.2) is 0 Å². The van der Waals surface area contributed by atoms with Crippen molar-refractivity contribution in [3.8, 4) is 0 Å². The van der Waals surface area contributed by atoms with Gasteiger partial charge in [0.2, 0.25) is 0 Å². The number of rotatable bonds is 4. The van der Waals surface area contributed by atoms with Crippen LogP contribution in [-0.4, -0.2) is 7.05 Å². The Hall–Kier alpha value is -0.640.